The fourth-order valence-electron chi connectivity index (χ4n) is 2.64. The molecule has 0 aliphatic rings. The number of halogens is 1. The third-order valence-corrected chi connectivity index (χ3v) is 6.04. The number of fused-ring (bicyclic) bond motifs is 1. The highest BCUT2D eigenvalue weighted by atomic mass is 32.2. The Morgan fingerprint density at radius 1 is 1.30 bits per heavy atom. The van der Waals surface area contributed by atoms with Gasteiger partial charge < -0.3 is 9.72 Å². The zero-order valence-electron chi connectivity index (χ0n) is 14.3. The molecule has 0 atom stereocenters. The van der Waals surface area contributed by atoms with Gasteiger partial charge in [0.25, 0.3) is 5.91 Å². The van der Waals surface area contributed by atoms with Gasteiger partial charge in [-0.3, -0.25) is 4.79 Å². The van der Waals surface area contributed by atoms with Crippen molar-refractivity contribution in [3.05, 3.63) is 57.8 Å². The van der Waals surface area contributed by atoms with Gasteiger partial charge in [0.2, 0.25) is 10.0 Å². The molecule has 7 nitrogen and oxygen atoms in total. The number of amides is 1. The molecule has 0 bridgehead atoms. The molecule has 0 saturated heterocycles. The SMILES string of the molecule is COC(=O)c1c(C)sc2cc(C(=O)NS(=O)(=O)Cc3cccc(F)c3)[nH]c12. The summed E-state index contributed by atoms with van der Waals surface area (Å²) in [6.07, 6.45) is 0. The van der Waals surface area contributed by atoms with E-state index in [0.717, 1.165) is 6.07 Å². The molecule has 0 saturated carbocycles. The maximum absolute atomic E-state index is 13.2. The predicted octanol–water partition coefficient (Wildman–Crippen LogP) is 2.72. The fraction of sp³-hybridized carbons (Fsp3) is 0.176. The monoisotopic (exact) mass is 410 g/mol. The minimum absolute atomic E-state index is 0.00998. The third-order valence-electron chi connectivity index (χ3n) is 3.77. The molecular formula is C17H15FN2O5S2. The van der Waals surface area contributed by atoms with Gasteiger partial charge >= 0.3 is 5.97 Å². The second-order valence-corrected chi connectivity index (χ2v) is 8.75. The van der Waals surface area contributed by atoms with E-state index < -0.39 is 33.5 Å². The summed E-state index contributed by atoms with van der Waals surface area (Å²) in [5, 5.41) is 0. The first-order valence-electron chi connectivity index (χ1n) is 7.70. The molecule has 2 aromatic heterocycles. The van der Waals surface area contributed by atoms with Crippen molar-refractivity contribution in [3.8, 4) is 0 Å². The summed E-state index contributed by atoms with van der Waals surface area (Å²) in [6, 6.07) is 6.58. The van der Waals surface area contributed by atoms with Crippen molar-refractivity contribution in [2.45, 2.75) is 12.7 Å². The summed E-state index contributed by atoms with van der Waals surface area (Å²) in [5.41, 5.74) is 0.923. The molecule has 1 amide bonds. The molecule has 2 N–H and O–H groups in total. The second kappa shape index (κ2) is 7.12. The quantitative estimate of drug-likeness (QED) is 0.629. The Morgan fingerprint density at radius 2 is 2.04 bits per heavy atom. The lowest BCUT2D eigenvalue weighted by atomic mass is 10.2. The average molecular weight is 410 g/mol. The van der Waals surface area contributed by atoms with Gasteiger partial charge in [-0.15, -0.1) is 11.3 Å². The van der Waals surface area contributed by atoms with E-state index in [1.54, 1.807) is 6.92 Å². The van der Waals surface area contributed by atoms with Crippen LogP contribution in [0.5, 0.6) is 0 Å². The van der Waals surface area contributed by atoms with Crippen molar-refractivity contribution >= 4 is 43.5 Å². The van der Waals surface area contributed by atoms with Crippen molar-refractivity contribution in [1.29, 1.82) is 0 Å². The molecule has 0 fully saturated rings. The maximum atomic E-state index is 13.2. The molecule has 2 heterocycles. The standard InChI is InChI=1S/C17H15FN2O5S2/c1-9-14(17(22)25-2)15-13(26-9)7-12(19-15)16(21)20-27(23,24)8-10-4-3-5-11(18)6-10/h3-7,19H,8H2,1-2H3,(H,20,21). The zero-order chi connectivity index (χ0) is 19.8. The number of esters is 1. The Bertz CT molecular complexity index is 1150. The van der Waals surface area contributed by atoms with Crippen LogP contribution in [0, 0.1) is 12.7 Å². The molecule has 10 heteroatoms. The molecule has 0 unspecified atom stereocenters. The van der Waals surface area contributed by atoms with E-state index in [4.69, 9.17) is 4.74 Å². The van der Waals surface area contributed by atoms with Crippen LogP contribution in [0.2, 0.25) is 0 Å². The number of rotatable bonds is 5. The van der Waals surface area contributed by atoms with E-state index in [9.17, 15) is 22.4 Å². The number of hydrogen-bond donors (Lipinski definition) is 2. The van der Waals surface area contributed by atoms with Crippen LogP contribution in [0.4, 0.5) is 4.39 Å². The summed E-state index contributed by atoms with van der Waals surface area (Å²) in [5.74, 6) is -2.53. The topological polar surface area (TPSA) is 105 Å². The summed E-state index contributed by atoms with van der Waals surface area (Å²) in [4.78, 5) is 27.7. The number of sulfonamides is 1. The lowest BCUT2D eigenvalue weighted by Gasteiger charge is -2.06. The highest BCUT2D eigenvalue weighted by Gasteiger charge is 2.23. The number of carbonyl (C=O) groups is 2. The van der Waals surface area contributed by atoms with Crippen LogP contribution in [0.25, 0.3) is 10.2 Å². The molecule has 0 aliphatic heterocycles. The van der Waals surface area contributed by atoms with Gasteiger partial charge in [-0.25, -0.2) is 22.3 Å². The summed E-state index contributed by atoms with van der Waals surface area (Å²) in [6.45, 7) is 1.74. The second-order valence-electron chi connectivity index (χ2n) is 5.77. The fourth-order valence-corrected chi connectivity index (χ4v) is 4.77. The highest BCUT2D eigenvalue weighted by molar-refractivity contribution is 7.89. The van der Waals surface area contributed by atoms with Gasteiger partial charge in [0.15, 0.2) is 0 Å². The number of H-pyrrole nitrogens is 1. The first kappa shape index (κ1) is 19.1. The number of aromatic amines is 1. The number of aromatic nitrogens is 1. The Hall–Kier alpha value is -2.72. The number of hydrogen-bond acceptors (Lipinski definition) is 6. The van der Waals surface area contributed by atoms with E-state index in [0.29, 0.717) is 20.7 Å². The van der Waals surface area contributed by atoms with Crippen LogP contribution in [-0.4, -0.2) is 32.4 Å². The predicted molar refractivity (Wildman–Crippen MR) is 98.7 cm³/mol. The Labute approximate surface area is 158 Å². The number of nitrogens with one attached hydrogen (secondary N) is 2. The molecular weight excluding hydrogens is 395 g/mol. The van der Waals surface area contributed by atoms with Gasteiger partial charge in [-0.2, -0.15) is 0 Å². The van der Waals surface area contributed by atoms with Gasteiger partial charge in [0, 0.05) is 4.88 Å². The molecule has 27 heavy (non-hydrogen) atoms. The van der Waals surface area contributed by atoms with E-state index in [-0.39, 0.29) is 11.3 Å². The van der Waals surface area contributed by atoms with Crippen LogP contribution in [0.1, 0.15) is 31.3 Å². The maximum Gasteiger partial charge on any atom is 0.341 e. The van der Waals surface area contributed by atoms with E-state index >= 15 is 0 Å². The number of aryl methyl sites for hydroxylation is 1. The van der Waals surface area contributed by atoms with Crippen LogP contribution in [0.15, 0.2) is 30.3 Å². The lowest BCUT2D eigenvalue weighted by Crippen LogP contribution is -2.31. The molecule has 142 valence electrons. The Kier molecular flexibility index (Phi) is 5.03. The largest absolute Gasteiger partial charge is 0.465 e. The minimum atomic E-state index is -4.03. The zero-order valence-corrected chi connectivity index (χ0v) is 16.0. The number of ether oxygens (including phenoxy) is 1. The normalized spacial score (nSPS) is 11.5. The minimum Gasteiger partial charge on any atom is -0.465 e. The summed E-state index contributed by atoms with van der Waals surface area (Å²) in [7, 11) is -2.78. The van der Waals surface area contributed by atoms with E-state index in [1.807, 2.05) is 4.72 Å². The Balaban J connectivity index is 1.83. The van der Waals surface area contributed by atoms with Gasteiger partial charge in [0.05, 0.1) is 28.6 Å². The highest BCUT2D eigenvalue weighted by Crippen LogP contribution is 2.31. The molecule has 0 radical (unpaired) electrons. The van der Waals surface area contributed by atoms with Crippen molar-refractivity contribution in [2.75, 3.05) is 7.11 Å². The van der Waals surface area contributed by atoms with Crippen molar-refractivity contribution < 1.29 is 27.1 Å². The number of methoxy groups -OCH3 is 1. The van der Waals surface area contributed by atoms with Crippen LogP contribution >= 0.6 is 11.3 Å². The number of benzene rings is 1. The van der Waals surface area contributed by atoms with Gasteiger partial charge in [0.1, 0.15) is 11.5 Å². The van der Waals surface area contributed by atoms with E-state index in [2.05, 4.69) is 4.98 Å². The smallest absolute Gasteiger partial charge is 0.341 e. The average Bonchev–Trinajstić information content (AvgIpc) is 3.09. The molecule has 0 aliphatic carbocycles. The summed E-state index contributed by atoms with van der Waals surface area (Å²) >= 11 is 1.28. The molecule has 0 spiro atoms. The van der Waals surface area contributed by atoms with Crippen LogP contribution < -0.4 is 4.72 Å². The number of carbonyl (C=O) groups excluding carboxylic acids is 2. The molecule has 3 rings (SSSR count). The first-order valence-corrected chi connectivity index (χ1v) is 10.2. The summed E-state index contributed by atoms with van der Waals surface area (Å²) < 4.78 is 44.9. The number of thiophene rings is 1. The van der Waals surface area contributed by atoms with Gasteiger partial charge in [-0.1, -0.05) is 12.1 Å². The molecule has 3 aromatic rings. The van der Waals surface area contributed by atoms with Crippen LogP contribution in [-0.2, 0) is 20.5 Å². The first-order chi connectivity index (χ1) is 12.7. The van der Waals surface area contributed by atoms with Gasteiger partial charge in [-0.05, 0) is 30.7 Å². The lowest BCUT2D eigenvalue weighted by molar-refractivity contribution is 0.0602. The van der Waals surface area contributed by atoms with Crippen molar-refractivity contribution in [3.63, 3.8) is 0 Å². The van der Waals surface area contributed by atoms with Crippen molar-refractivity contribution in [2.24, 2.45) is 0 Å². The van der Waals surface area contributed by atoms with E-state index in [1.165, 1.54) is 42.7 Å². The van der Waals surface area contributed by atoms with Crippen LogP contribution in [0.3, 0.4) is 0 Å². The Morgan fingerprint density at radius 3 is 2.70 bits per heavy atom. The van der Waals surface area contributed by atoms with Crippen molar-refractivity contribution in [1.82, 2.24) is 9.71 Å². The third kappa shape index (κ3) is 4.01. The molecule has 1 aromatic carbocycles.